The maximum atomic E-state index is 12.9. The van der Waals surface area contributed by atoms with E-state index in [1.807, 2.05) is 19.1 Å². The number of esters is 1. The van der Waals surface area contributed by atoms with Gasteiger partial charge in [0.1, 0.15) is 18.1 Å². The number of methoxy groups -OCH3 is 3. The molecule has 0 bridgehead atoms. The first-order valence-corrected chi connectivity index (χ1v) is 11.2. The normalized spacial score (nSPS) is 15.4. The lowest BCUT2D eigenvalue weighted by molar-refractivity contribution is -0.140. The summed E-state index contributed by atoms with van der Waals surface area (Å²) in [6.45, 7) is 2.27. The summed E-state index contributed by atoms with van der Waals surface area (Å²) >= 11 is 5.44. The smallest absolute Gasteiger partial charge is 0.338 e. The second-order valence-electron chi connectivity index (χ2n) is 7.75. The van der Waals surface area contributed by atoms with Gasteiger partial charge in [0.25, 0.3) is 5.91 Å². The van der Waals surface area contributed by atoms with E-state index in [9.17, 15) is 9.59 Å². The molecule has 9 nitrogen and oxygen atoms in total. The average molecular weight is 500 g/mol. The Hall–Kier alpha value is -3.63. The molecular weight excluding hydrogens is 470 g/mol. The van der Waals surface area contributed by atoms with Gasteiger partial charge in [-0.05, 0) is 49.0 Å². The molecule has 1 aliphatic rings. The van der Waals surface area contributed by atoms with E-state index in [4.69, 9.17) is 31.2 Å². The number of hydrogen-bond acceptors (Lipinski definition) is 7. The van der Waals surface area contributed by atoms with Crippen LogP contribution in [0.3, 0.4) is 0 Å². The van der Waals surface area contributed by atoms with Crippen molar-refractivity contribution in [3.63, 3.8) is 0 Å². The molecule has 3 rings (SSSR count). The van der Waals surface area contributed by atoms with Gasteiger partial charge in [-0.15, -0.1) is 0 Å². The van der Waals surface area contributed by atoms with Gasteiger partial charge in [0.15, 0.2) is 5.11 Å². The van der Waals surface area contributed by atoms with Gasteiger partial charge in [-0.3, -0.25) is 4.79 Å². The van der Waals surface area contributed by atoms with Crippen molar-refractivity contribution < 1.29 is 28.5 Å². The molecule has 0 saturated carbocycles. The Morgan fingerprint density at radius 3 is 2.23 bits per heavy atom. The van der Waals surface area contributed by atoms with E-state index in [-0.39, 0.29) is 12.5 Å². The summed E-state index contributed by atoms with van der Waals surface area (Å²) < 4.78 is 20.8. The molecule has 35 heavy (non-hydrogen) atoms. The number of anilines is 1. The Bertz CT molecular complexity index is 1110. The van der Waals surface area contributed by atoms with Crippen molar-refractivity contribution in [3.8, 4) is 11.5 Å². The molecule has 0 saturated heterocycles. The van der Waals surface area contributed by atoms with E-state index < -0.39 is 12.0 Å². The van der Waals surface area contributed by atoms with Gasteiger partial charge in [0.2, 0.25) is 0 Å². The van der Waals surface area contributed by atoms with E-state index in [2.05, 4.69) is 10.6 Å². The molecular formula is C25H29N3O6S. The Labute approximate surface area is 210 Å². The summed E-state index contributed by atoms with van der Waals surface area (Å²) in [6, 6.07) is 11.6. The maximum absolute atomic E-state index is 12.9. The Morgan fingerprint density at radius 2 is 1.66 bits per heavy atom. The van der Waals surface area contributed by atoms with E-state index >= 15 is 0 Å². The number of hydrogen-bond donors (Lipinski definition) is 2. The number of nitrogens with zero attached hydrogens (tertiary/aromatic N) is 1. The molecule has 0 fully saturated rings. The molecule has 0 aromatic heterocycles. The minimum atomic E-state index is -0.499. The summed E-state index contributed by atoms with van der Waals surface area (Å²) in [4.78, 5) is 27.4. The second kappa shape index (κ2) is 11.7. The van der Waals surface area contributed by atoms with Crippen molar-refractivity contribution in [3.05, 3.63) is 64.9 Å². The topological polar surface area (TPSA) is 98.4 Å². The van der Waals surface area contributed by atoms with Gasteiger partial charge in [0, 0.05) is 37.2 Å². The average Bonchev–Trinajstić information content (AvgIpc) is 2.87. The van der Waals surface area contributed by atoms with Crippen LogP contribution in [0.15, 0.2) is 53.7 Å². The molecule has 0 spiro atoms. The van der Waals surface area contributed by atoms with Crippen LogP contribution in [0.2, 0.25) is 0 Å². The number of carbonyl (C=O) groups is 2. The summed E-state index contributed by atoms with van der Waals surface area (Å²) in [6.07, 6.45) is 0. The predicted octanol–water partition coefficient (Wildman–Crippen LogP) is 3.28. The first-order chi connectivity index (χ1) is 16.8. The summed E-state index contributed by atoms with van der Waals surface area (Å²) in [7, 11) is 6.38. The molecule has 1 aliphatic heterocycles. The van der Waals surface area contributed by atoms with E-state index in [1.165, 1.54) is 14.2 Å². The molecule has 0 radical (unpaired) electrons. The van der Waals surface area contributed by atoms with Gasteiger partial charge < -0.3 is 34.5 Å². The van der Waals surface area contributed by atoms with Gasteiger partial charge in [-0.25, -0.2) is 4.79 Å². The van der Waals surface area contributed by atoms with Gasteiger partial charge in [-0.2, -0.15) is 0 Å². The van der Waals surface area contributed by atoms with Crippen LogP contribution < -0.4 is 20.1 Å². The van der Waals surface area contributed by atoms with Crippen molar-refractivity contribution in [2.45, 2.75) is 13.0 Å². The van der Waals surface area contributed by atoms with E-state index in [0.717, 1.165) is 5.56 Å². The number of allylic oxidation sites excluding steroid dienone is 1. The molecule has 10 heteroatoms. The fourth-order valence-corrected chi connectivity index (χ4v) is 3.80. The van der Waals surface area contributed by atoms with Crippen LogP contribution in [0.1, 0.15) is 28.9 Å². The number of nitrogens with one attached hydrogen (secondary N) is 2. The Balaban J connectivity index is 1.81. The monoisotopic (exact) mass is 499 g/mol. The number of benzene rings is 2. The van der Waals surface area contributed by atoms with Crippen LogP contribution in [0.25, 0.3) is 0 Å². The summed E-state index contributed by atoms with van der Waals surface area (Å²) in [5.74, 6) is 0.268. The SMILES string of the molecule is COCCOC(=O)C1=C(C)N(C)C(=S)N[C@H]1c1ccc(NC(=O)c2cc(OC)cc(OC)c2)cc1. The van der Waals surface area contributed by atoms with E-state index in [1.54, 1.807) is 49.4 Å². The van der Waals surface area contributed by atoms with Gasteiger partial charge in [0.05, 0.1) is 32.4 Å². The minimum Gasteiger partial charge on any atom is -0.497 e. The molecule has 1 heterocycles. The maximum Gasteiger partial charge on any atom is 0.338 e. The second-order valence-corrected chi connectivity index (χ2v) is 8.13. The number of ether oxygens (including phenoxy) is 4. The van der Waals surface area contributed by atoms with Crippen molar-refractivity contribution in [1.29, 1.82) is 0 Å². The quantitative estimate of drug-likeness (QED) is 0.306. The van der Waals surface area contributed by atoms with Crippen LogP contribution in [-0.4, -0.2) is 63.5 Å². The first-order valence-electron chi connectivity index (χ1n) is 10.8. The Morgan fingerprint density at radius 1 is 1.03 bits per heavy atom. The predicted molar refractivity (Wildman–Crippen MR) is 136 cm³/mol. The minimum absolute atomic E-state index is 0.146. The van der Waals surface area contributed by atoms with Gasteiger partial charge >= 0.3 is 5.97 Å². The third-order valence-corrected chi connectivity index (χ3v) is 6.00. The van der Waals surface area contributed by atoms with Crippen molar-refractivity contribution in [2.24, 2.45) is 0 Å². The lowest BCUT2D eigenvalue weighted by atomic mass is 9.95. The lowest BCUT2D eigenvalue weighted by Crippen LogP contribution is -2.46. The molecule has 0 aliphatic carbocycles. The number of thiocarbonyl (C=S) groups is 1. The fraction of sp³-hybridized carbons (Fsp3) is 0.320. The third-order valence-electron chi connectivity index (χ3n) is 5.61. The standard InChI is InChI=1S/C25H29N3O6S/c1-15-21(24(30)34-11-10-31-3)22(27-25(35)28(15)2)16-6-8-18(9-7-16)26-23(29)17-12-19(32-4)14-20(13-17)33-5/h6-9,12-14,22H,10-11H2,1-5H3,(H,26,29)(H,27,35)/t22-/m0/s1. The van der Waals surface area contributed by atoms with Crippen LogP contribution >= 0.6 is 12.2 Å². The first kappa shape index (κ1) is 26.0. The summed E-state index contributed by atoms with van der Waals surface area (Å²) in [5.41, 5.74) is 2.93. The van der Waals surface area contributed by atoms with E-state index in [0.29, 0.717) is 45.7 Å². The van der Waals surface area contributed by atoms with Crippen molar-refractivity contribution >= 4 is 34.9 Å². The zero-order valence-electron chi connectivity index (χ0n) is 20.3. The van der Waals surface area contributed by atoms with Crippen molar-refractivity contribution in [2.75, 3.05) is 46.9 Å². The highest BCUT2D eigenvalue weighted by Gasteiger charge is 2.33. The lowest BCUT2D eigenvalue weighted by Gasteiger charge is -2.35. The van der Waals surface area contributed by atoms with Crippen LogP contribution in [-0.2, 0) is 14.3 Å². The number of carbonyl (C=O) groups excluding carboxylic acids is 2. The van der Waals surface area contributed by atoms with Crippen LogP contribution in [0.4, 0.5) is 5.69 Å². The molecule has 1 amide bonds. The van der Waals surface area contributed by atoms with Crippen LogP contribution in [0.5, 0.6) is 11.5 Å². The molecule has 0 unspecified atom stereocenters. The zero-order chi connectivity index (χ0) is 25.5. The Kier molecular flexibility index (Phi) is 8.67. The highest BCUT2D eigenvalue weighted by atomic mass is 32.1. The molecule has 2 aromatic carbocycles. The number of amides is 1. The fourth-order valence-electron chi connectivity index (χ4n) is 3.55. The van der Waals surface area contributed by atoms with Gasteiger partial charge in [-0.1, -0.05) is 12.1 Å². The molecule has 2 N–H and O–H groups in total. The van der Waals surface area contributed by atoms with Crippen molar-refractivity contribution in [1.82, 2.24) is 10.2 Å². The molecule has 1 atom stereocenters. The molecule has 2 aromatic rings. The molecule has 186 valence electrons. The third kappa shape index (κ3) is 6.09. The number of rotatable bonds is 9. The van der Waals surface area contributed by atoms with Crippen LogP contribution in [0, 0.1) is 0 Å². The highest BCUT2D eigenvalue weighted by molar-refractivity contribution is 7.80. The zero-order valence-corrected chi connectivity index (χ0v) is 21.2. The summed E-state index contributed by atoms with van der Waals surface area (Å²) in [5, 5.41) is 6.55. The largest absolute Gasteiger partial charge is 0.497 e. The highest BCUT2D eigenvalue weighted by Crippen LogP contribution is 2.31.